The number of nitrogens with zero attached hydrogens (tertiary/aromatic N) is 1. The molecule has 20 heavy (non-hydrogen) atoms. The number of aromatic nitrogens is 1. The molecule has 104 valence electrons. The van der Waals surface area contributed by atoms with Gasteiger partial charge in [0.05, 0.1) is 5.56 Å². The number of hydrogen-bond donors (Lipinski definition) is 0. The molecule has 0 saturated heterocycles. The van der Waals surface area contributed by atoms with Crippen LogP contribution in [-0.2, 0) is 0 Å². The van der Waals surface area contributed by atoms with Crippen molar-refractivity contribution < 1.29 is 27.1 Å². The summed E-state index contributed by atoms with van der Waals surface area (Å²) in [5.41, 5.74) is -0.158. The Bertz CT molecular complexity index is 626. The van der Waals surface area contributed by atoms with E-state index in [0.717, 1.165) is 12.1 Å². The summed E-state index contributed by atoms with van der Waals surface area (Å²) in [4.78, 5) is 15.6. The van der Waals surface area contributed by atoms with Gasteiger partial charge in [-0.15, -0.1) is 13.2 Å². The van der Waals surface area contributed by atoms with Gasteiger partial charge in [0, 0.05) is 24.0 Å². The Balaban J connectivity index is 2.29. The highest BCUT2D eigenvalue weighted by molar-refractivity contribution is 6.09. The van der Waals surface area contributed by atoms with Gasteiger partial charge in [0.2, 0.25) is 0 Å². The molecule has 0 fully saturated rings. The molecule has 1 aromatic carbocycles. The number of ether oxygens (including phenoxy) is 1. The highest BCUT2D eigenvalue weighted by Gasteiger charge is 2.31. The van der Waals surface area contributed by atoms with Crippen molar-refractivity contribution in [2.24, 2.45) is 0 Å². The van der Waals surface area contributed by atoms with Gasteiger partial charge in [-0.05, 0) is 24.3 Å². The minimum absolute atomic E-state index is 0.184. The van der Waals surface area contributed by atoms with Gasteiger partial charge in [0.1, 0.15) is 11.6 Å². The van der Waals surface area contributed by atoms with E-state index in [-0.39, 0.29) is 11.1 Å². The molecule has 0 aliphatic carbocycles. The van der Waals surface area contributed by atoms with Gasteiger partial charge in [-0.1, -0.05) is 0 Å². The van der Waals surface area contributed by atoms with Crippen molar-refractivity contribution in [3.05, 3.63) is 59.7 Å². The van der Waals surface area contributed by atoms with E-state index in [1.165, 1.54) is 24.5 Å². The lowest BCUT2D eigenvalue weighted by Crippen LogP contribution is -2.17. The minimum Gasteiger partial charge on any atom is -0.406 e. The van der Waals surface area contributed by atoms with Gasteiger partial charge in [-0.2, -0.15) is 0 Å². The molecule has 2 rings (SSSR count). The molecule has 0 N–H and O–H groups in total. The zero-order chi connectivity index (χ0) is 14.8. The summed E-state index contributed by atoms with van der Waals surface area (Å²) < 4.78 is 53.2. The van der Waals surface area contributed by atoms with E-state index in [0.29, 0.717) is 6.07 Å². The van der Waals surface area contributed by atoms with E-state index in [1.807, 2.05) is 0 Å². The Labute approximate surface area is 110 Å². The molecule has 1 aromatic heterocycles. The van der Waals surface area contributed by atoms with Crippen LogP contribution in [0.2, 0.25) is 0 Å². The van der Waals surface area contributed by atoms with E-state index >= 15 is 0 Å². The van der Waals surface area contributed by atoms with Gasteiger partial charge in [-0.3, -0.25) is 9.78 Å². The summed E-state index contributed by atoms with van der Waals surface area (Å²) in [6.07, 6.45) is -2.21. The second-order valence-corrected chi connectivity index (χ2v) is 3.75. The number of rotatable bonds is 3. The lowest BCUT2D eigenvalue weighted by Gasteiger charge is -2.10. The standard InChI is InChI=1S/C13H7F4NO2/c14-11-7-9(20-13(15,16)17)1-2-10(11)12(19)8-3-5-18-6-4-8/h1-7H. The van der Waals surface area contributed by atoms with Crippen molar-refractivity contribution in [3.8, 4) is 5.75 Å². The molecular weight excluding hydrogens is 278 g/mol. The van der Waals surface area contributed by atoms with E-state index in [2.05, 4.69) is 9.72 Å². The average molecular weight is 285 g/mol. The van der Waals surface area contributed by atoms with Crippen LogP contribution < -0.4 is 4.74 Å². The number of pyridine rings is 1. The molecule has 0 bridgehead atoms. The van der Waals surface area contributed by atoms with Gasteiger partial charge in [0.15, 0.2) is 5.78 Å². The lowest BCUT2D eigenvalue weighted by molar-refractivity contribution is -0.274. The summed E-state index contributed by atoms with van der Waals surface area (Å²) in [5.74, 6) is -2.46. The van der Waals surface area contributed by atoms with Crippen LogP contribution >= 0.6 is 0 Å². The van der Waals surface area contributed by atoms with Crippen LogP contribution in [0, 0.1) is 5.82 Å². The third-order valence-corrected chi connectivity index (χ3v) is 2.36. The largest absolute Gasteiger partial charge is 0.573 e. The summed E-state index contributed by atoms with van der Waals surface area (Å²) in [6, 6.07) is 5.09. The summed E-state index contributed by atoms with van der Waals surface area (Å²) in [7, 11) is 0. The molecule has 0 radical (unpaired) electrons. The number of ketones is 1. The molecule has 7 heteroatoms. The molecule has 0 amide bonds. The fraction of sp³-hybridized carbons (Fsp3) is 0.0769. The molecule has 0 aliphatic rings. The van der Waals surface area contributed by atoms with Crippen LogP contribution in [0.5, 0.6) is 5.75 Å². The van der Waals surface area contributed by atoms with Crippen molar-refractivity contribution in [2.45, 2.75) is 6.36 Å². The second-order valence-electron chi connectivity index (χ2n) is 3.75. The van der Waals surface area contributed by atoms with Crippen molar-refractivity contribution >= 4 is 5.78 Å². The first-order chi connectivity index (χ1) is 9.37. The predicted octanol–water partition coefficient (Wildman–Crippen LogP) is 3.35. The number of halogens is 4. The smallest absolute Gasteiger partial charge is 0.406 e. The third-order valence-electron chi connectivity index (χ3n) is 2.36. The molecule has 0 saturated carbocycles. The van der Waals surface area contributed by atoms with Crippen molar-refractivity contribution in [1.29, 1.82) is 0 Å². The maximum absolute atomic E-state index is 13.7. The molecule has 3 nitrogen and oxygen atoms in total. The first kappa shape index (κ1) is 14.0. The summed E-state index contributed by atoms with van der Waals surface area (Å²) >= 11 is 0. The number of carbonyl (C=O) groups excluding carboxylic acids is 1. The van der Waals surface area contributed by atoms with Crippen molar-refractivity contribution in [2.75, 3.05) is 0 Å². The fourth-order valence-electron chi connectivity index (χ4n) is 1.54. The Morgan fingerprint density at radius 1 is 1.10 bits per heavy atom. The lowest BCUT2D eigenvalue weighted by atomic mass is 10.0. The maximum atomic E-state index is 13.7. The quantitative estimate of drug-likeness (QED) is 0.641. The number of benzene rings is 1. The van der Waals surface area contributed by atoms with Crippen LogP contribution in [0.1, 0.15) is 15.9 Å². The highest BCUT2D eigenvalue weighted by Crippen LogP contribution is 2.25. The number of hydrogen-bond acceptors (Lipinski definition) is 3. The molecule has 2 aromatic rings. The SMILES string of the molecule is O=C(c1ccncc1)c1ccc(OC(F)(F)F)cc1F. The average Bonchev–Trinajstić information content (AvgIpc) is 2.37. The van der Waals surface area contributed by atoms with E-state index in [9.17, 15) is 22.4 Å². The van der Waals surface area contributed by atoms with E-state index < -0.39 is 23.7 Å². The van der Waals surface area contributed by atoms with Gasteiger partial charge in [-0.25, -0.2) is 4.39 Å². The summed E-state index contributed by atoms with van der Waals surface area (Å²) in [6.45, 7) is 0. The monoisotopic (exact) mass is 285 g/mol. The van der Waals surface area contributed by atoms with Crippen molar-refractivity contribution in [1.82, 2.24) is 4.98 Å². The molecular formula is C13H7F4NO2. The highest BCUT2D eigenvalue weighted by atomic mass is 19.4. The van der Waals surface area contributed by atoms with Gasteiger partial charge < -0.3 is 4.74 Å². The predicted molar refractivity (Wildman–Crippen MR) is 60.8 cm³/mol. The first-order valence-electron chi connectivity index (χ1n) is 5.37. The van der Waals surface area contributed by atoms with Crippen LogP contribution in [-0.4, -0.2) is 17.1 Å². The van der Waals surface area contributed by atoms with Gasteiger partial charge in [0.25, 0.3) is 0 Å². The van der Waals surface area contributed by atoms with E-state index in [4.69, 9.17) is 0 Å². The normalized spacial score (nSPS) is 11.2. The Morgan fingerprint density at radius 2 is 1.75 bits per heavy atom. The molecule has 0 spiro atoms. The Kier molecular flexibility index (Phi) is 3.69. The van der Waals surface area contributed by atoms with Crippen LogP contribution in [0.15, 0.2) is 42.7 Å². The second kappa shape index (κ2) is 5.28. The van der Waals surface area contributed by atoms with Crippen LogP contribution in [0.3, 0.4) is 0 Å². The van der Waals surface area contributed by atoms with Crippen molar-refractivity contribution in [3.63, 3.8) is 0 Å². The topological polar surface area (TPSA) is 39.2 Å². The summed E-state index contributed by atoms with van der Waals surface area (Å²) in [5, 5.41) is 0. The van der Waals surface area contributed by atoms with E-state index in [1.54, 1.807) is 0 Å². The Morgan fingerprint density at radius 3 is 2.30 bits per heavy atom. The molecule has 1 heterocycles. The fourth-order valence-corrected chi connectivity index (χ4v) is 1.54. The minimum atomic E-state index is -4.91. The molecule has 0 aliphatic heterocycles. The zero-order valence-electron chi connectivity index (χ0n) is 9.82. The molecule has 0 unspecified atom stereocenters. The first-order valence-corrected chi connectivity index (χ1v) is 5.37. The number of carbonyl (C=O) groups is 1. The third kappa shape index (κ3) is 3.31. The van der Waals surface area contributed by atoms with Gasteiger partial charge >= 0.3 is 6.36 Å². The maximum Gasteiger partial charge on any atom is 0.573 e. The number of alkyl halides is 3. The van der Waals surface area contributed by atoms with Crippen LogP contribution in [0.25, 0.3) is 0 Å². The molecule has 0 atom stereocenters. The Hall–Kier alpha value is -2.44. The zero-order valence-corrected chi connectivity index (χ0v) is 9.82. The van der Waals surface area contributed by atoms with Crippen LogP contribution in [0.4, 0.5) is 17.6 Å².